The first kappa shape index (κ1) is 10.8. The van der Waals surface area contributed by atoms with Gasteiger partial charge in [-0.05, 0) is 43.5 Å². The van der Waals surface area contributed by atoms with Crippen molar-refractivity contribution in [3.8, 4) is 0 Å². The van der Waals surface area contributed by atoms with Gasteiger partial charge in [0.2, 0.25) is 0 Å². The van der Waals surface area contributed by atoms with E-state index in [4.69, 9.17) is 0 Å². The standard InChI is InChI=1S/C14H14FNS/c1-8-6-11(9(2)17-8)13-7-10-4-3-5-12(15)14(10)16-13/h3-6,13,16H,7H2,1-2H3. The summed E-state index contributed by atoms with van der Waals surface area (Å²) in [4.78, 5) is 2.64. The summed E-state index contributed by atoms with van der Waals surface area (Å²) in [6, 6.07) is 7.73. The Morgan fingerprint density at radius 1 is 1.35 bits per heavy atom. The van der Waals surface area contributed by atoms with E-state index in [2.05, 4.69) is 25.2 Å². The average Bonchev–Trinajstić information content (AvgIpc) is 2.82. The minimum absolute atomic E-state index is 0.144. The Kier molecular flexibility index (Phi) is 2.44. The SMILES string of the molecule is Cc1cc(C2Cc3cccc(F)c3N2)c(C)s1. The number of nitrogens with one attached hydrogen (secondary N) is 1. The largest absolute Gasteiger partial charge is 0.375 e. The number of anilines is 1. The van der Waals surface area contributed by atoms with E-state index in [0.717, 1.165) is 12.0 Å². The predicted molar refractivity (Wildman–Crippen MR) is 70.3 cm³/mol. The lowest BCUT2D eigenvalue weighted by Gasteiger charge is -2.10. The van der Waals surface area contributed by atoms with Gasteiger partial charge in [-0.3, -0.25) is 0 Å². The molecule has 0 fully saturated rings. The zero-order valence-corrected chi connectivity index (χ0v) is 10.7. The molecule has 0 bridgehead atoms. The Balaban J connectivity index is 1.97. The van der Waals surface area contributed by atoms with Gasteiger partial charge in [0.25, 0.3) is 0 Å². The highest BCUT2D eigenvalue weighted by molar-refractivity contribution is 7.12. The highest BCUT2D eigenvalue weighted by Crippen LogP contribution is 2.38. The number of para-hydroxylation sites is 1. The summed E-state index contributed by atoms with van der Waals surface area (Å²) >= 11 is 1.81. The fourth-order valence-corrected chi connectivity index (χ4v) is 3.52. The number of hydrogen-bond donors (Lipinski definition) is 1. The second-order valence-corrected chi connectivity index (χ2v) is 6.00. The third kappa shape index (κ3) is 1.75. The number of thiophene rings is 1. The van der Waals surface area contributed by atoms with E-state index in [9.17, 15) is 4.39 Å². The number of fused-ring (bicyclic) bond motifs is 1. The smallest absolute Gasteiger partial charge is 0.146 e. The maximum Gasteiger partial charge on any atom is 0.146 e. The molecule has 0 amide bonds. The minimum Gasteiger partial charge on any atom is -0.375 e. The summed E-state index contributed by atoms with van der Waals surface area (Å²) < 4.78 is 13.6. The molecule has 0 aliphatic carbocycles. The molecule has 3 rings (SSSR count). The Hall–Kier alpha value is -1.35. The molecule has 3 heteroatoms. The Labute approximate surface area is 104 Å². The van der Waals surface area contributed by atoms with Crippen LogP contribution in [0.1, 0.15) is 26.9 Å². The molecule has 2 aromatic rings. The fourth-order valence-electron chi connectivity index (χ4n) is 2.53. The van der Waals surface area contributed by atoms with Gasteiger partial charge in [0.05, 0.1) is 11.7 Å². The lowest BCUT2D eigenvalue weighted by Crippen LogP contribution is -2.06. The number of hydrogen-bond acceptors (Lipinski definition) is 2. The summed E-state index contributed by atoms with van der Waals surface area (Å²) in [6.45, 7) is 4.25. The maximum absolute atomic E-state index is 13.6. The summed E-state index contributed by atoms with van der Waals surface area (Å²) in [5, 5.41) is 3.30. The van der Waals surface area contributed by atoms with E-state index >= 15 is 0 Å². The van der Waals surface area contributed by atoms with Crippen molar-refractivity contribution in [2.45, 2.75) is 26.3 Å². The third-order valence-corrected chi connectivity index (χ3v) is 4.28. The first-order chi connectivity index (χ1) is 8.15. The van der Waals surface area contributed by atoms with Crippen LogP contribution in [0.4, 0.5) is 10.1 Å². The molecular formula is C14H14FNS. The van der Waals surface area contributed by atoms with Crippen molar-refractivity contribution in [2.75, 3.05) is 5.32 Å². The molecule has 2 heterocycles. The van der Waals surface area contributed by atoms with Crippen LogP contribution in [-0.4, -0.2) is 0 Å². The van der Waals surface area contributed by atoms with Crippen LogP contribution >= 0.6 is 11.3 Å². The molecule has 1 aromatic heterocycles. The molecular weight excluding hydrogens is 233 g/mol. The van der Waals surface area contributed by atoms with Gasteiger partial charge >= 0.3 is 0 Å². The van der Waals surface area contributed by atoms with Gasteiger partial charge in [-0.2, -0.15) is 0 Å². The van der Waals surface area contributed by atoms with Crippen molar-refractivity contribution in [3.05, 3.63) is 51.0 Å². The number of halogens is 1. The van der Waals surface area contributed by atoms with Crippen LogP contribution in [0, 0.1) is 19.7 Å². The molecule has 1 nitrogen and oxygen atoms in total. The summed E-state index contributed by atoms with van der Waals surface area (Å²) in [5.74, 6) is -0.144. The van der Waals surface area contributed by atoms with Gasteiger partial charge in [-0.15, -0.1) is 11.3 Å². The van der Waals surface area contributed by atoms with Gasteiger partial charge in [-0.25, -0.2) is 4.39 Å². The van der Waals surface area contributed by atoms with Gasteiger partial charge in [-0.1, -0.05) is 12.1 Å². The van der Waals surface area contributed by atoms with Crippen LogP contribution in [0.15, 0.2) is 24.3 Å². The van der Waals surface area contributed by atoms with Gasteiger partial charge in [0, 0.05) is 9.75 Å². The summed E-state index contributed by atoms with van der Waals surface area (Å²) in [5.41, 5.74) is 3.07. The number of benzene rings is 1. The topological polar surface area (TPSA) is 12.0 Å². The molecule has 0 saturated carbocycles. The Bertz CT molecular complexity index is 574. The molecule has 1 atom stereocenters. The van der Waals surface area contributed by atoms with E-state index in [1.165, 1.54) is 21.4 Å². The zero-order valence-electron chi connectivity index (χ0n) is 9.88. The van der Waals surface area contributed by atoms with Crippen molar-refractivity contribution in [2.24, 2.45) is 0 Å². The van der Waals surface area contributed by atoms with Crippen LogP contribution in [0.2, 0.25) is 0 Å². The molecule has 1 aliphatic heterocycles. The van der Waals surface area contributed by atoms with E-state index in [0.29, 0.717) is 5.69 Å². The molecule has 17 heavy (non-hydrogen) atoms. The zero-order chi connectivity index (χ0) is 12.0. The molecule has 1 aromatic carbocycles. The van der Waals surface area contributed by atoms with E-state index < -0.39 is 0 Å². The number of aryl methyl sites for hydroxylation is 2. The van der Waals surface area contributed by atoms with E-state index in [-0.39, 0.29) is 11.9 Å². The summed E-state index contributed by atoms with van der Waals surface area (Å²) in [7, 11) is 0. The van der Waals surface area contributed by atoms with Gasteiger partial charge in [0.15, 0.2) is 0 Å². The van der Waals surface area contributed by atoms with Crippen molar-refractivity contribution in [1.29, 1.82) is 0 Å². The quantitative estimate of drug-likeness (QED) is 0.795. The normalized spacial score (nSPS) is 17.9. The highest BCUT2D eigenvalue weighted by atomic mass is 32.1. The van der Waals surface area contributed by atoms with Crippen LogP contribution < -0.4 is 5.32 Å². The first-order valence-corrected chi connectivity index (χ1v) is 6.57. The summed E-state index contributed by atoms with van der Waals surface area (Å²) in [6.07, 6.45) is 0.879. The first-order valence-electron chi connectivity index (χ1n) is 5.76. The monoisotopic (exact) mass is 247 g/mol. The molecule has 0 spiro atoms. The minimum atomic E-state index is -0.144. The molecule has 0 radical (unpaired) electrons. The van der Waals surface area contributed by atoms with Crippen molar-refractivity contribution in [1.82, 2.24) is 0 Å². The van der Waals surface area contributed by atoms with Crippen LogP contribution in [0.25, 0.3) is 0 Å². The van der Waals surface area contributed by atoms with Crippen LogP contribution in [0.5, 0.6) is 0 Å². The van der Waals surface area contributed by atoms with Crippen molar-refractivity contribution in [3.63, 3.8) is 0 Å². The van der Waals surface area contributed by atoms with Gasteiger partial charge in [0.1, 0.15) is 5.82 Å². The Morgan fingerprint density at radius 3 is 2.82 bits per heavy atom. The Morgan fingerprint density at radius 2 is 2.18 bits per heavy atom. The predicted octanol–water partition coefficient (Wildman–Crippen LogP) is 4.21. The average molecular weight is 247 g/mol. The molecule has 88 valence electrons. The maximum atomic E-state index is 13.6. The fraction of sp³-hybridized carbons (Fsp3) is 0.286. The lowest BCUT2D eigenvalue weighted by atomic mass is 10.0. The van der Waals surface area contributed by atoms with Crippen molar-refractivity contribution < 1.29 is 4.39 Å². The van der Waals surface area contributed by atoms with Crippen LogP contribution in [-0.2, 0) is 6.42 Å². The lowest BCUT2D eigenvalue weighted by molar-refractivity contribution is 0.630. The second-order valence-electron chi connectivity index (χ2n) is 4.54. The molecule has 0 saturated heterocycles. The van der Waals surface area contributed by atoms with Gasteiger partial charge < -0.3 is 5.32 Å². The molecule has 1 N–H and O–H groups in total. The molecule has 1 aliphatic rings. The third-order valence-electron chi connectivity index (χ3n) is 3.30. The molecule has 1 unspecified atom stereocenters. The van der Waals surface area contributed by atoms with Crippen LogP contribution in [0.3, 0.4) is 0 Å². The van der Waals surface area contributed by atoms with E-state index in [1.807, 2.05) is 6.07 Å². The highest BCUT2D eigenvalue weighted by Gasteiger charge is 2.26. The number of rotatable bonds is 1. The van der Waals surface area contributed by atoms with E-state index in [1.54, 1.807) is 17.4 Å². The van der Waals surface area contributed by atoms with Crippen molar-refractivity contribution >= 4 is 17.0 Å². The second kappa shape index (κ2) is 3.84.